The molecule has 0 unspecified atom stereocenters. The molecule has 2 aromatic heterocycles. The van der Waals surface area contributed by atoms with Crippen LogP contribution in [-0.4, -0.2) is 21.1 Å². The third kappa shape index (κ3) is 2.58. The molecule has 0 spiro atoms. The minimum atomic E-state index is -0.386. The Bertz CT molecular complexity index is 910. The molecule has 0 fully saturated rings. The van der Waals surface area contributed by atoms with Gasteiger partial charge in [-0.1, -0.05) is 24.2 Å². The maximum atomic E-state index is 12.5. The number of nitrogens with zero attached hydrogens (tertiary/aromatic N) is 2. The lowest BCUT2D eigenvalue weighted by atomic mass is 9.87. The summed E-state index contributed by atoms with van der Waals surface area (Å²) in [5, 5.41) is 4.81. The molecule has 0 saturated carbocycles. The number of aryl methyl sites for hydroxylation is 2. The van der Waals surface area contributed by atoms with Crippen molar-refractivity contribution in [3.05, 3.63) is 46.7 Å². The van der Waals surface area contributed by atoms with Crippen LogP contribution in [0.25, 0.3) is 10.9 Å². The molecule has 124 valence electrons. The van der Waals surface area contributed by atoms with Crippen LogP contribution in [-0.2, 0) is 24.2 Å². The highest BCUT2D eigenvalue weighted by molar-refractivity contribution is 6.04. The highest BCUT2D eigenvalue weighted by Crippen LogP contribution is 2.33. The number of rotatable bonds is 3. The molecule has 0 bridgehead atoms. The van der Waals surface area contributed by atoms with Crippen molar-refractivity contribution < 1.29 is 14.1 Å². The van der Waals surface area contributed by atoms with E-state index in [-0.39, 0.29) is 12.6 Å². The van der Waals surface area contributed by atoms with Crippen molar-refractivity contribution >= 4 is 16.9 Å². The van der Waals surface area contributed by atoms with Gasteiger partial charge in [-0.2, -0.15) is 4.98 Å². The second-order valence-electron chi connectivity index (χ2n) is 6.47. The summed E-state index contributed by atoms with van der Waals surface area (Å²) in [6.45, 7) is 3.97. The van der Waals surface area contributed by atoms with Gasteiger partial charge in [0.25, 0.3) is 5.89 Å². The molecular formula is C18H19N3O3. The summed E-state index contributed by atoms with van der Waals surface area (Å²) in [7, 11) is 0. The van der Waals surface area contributed by atoms with Crippen molar-refractivity contribution in [2.45, 2.75) is 39.7 Å². The van der Waals surface area contributed by atoms with Gasteiger partial charge in [-0.15, -0.1) is 0 Å². The van der Waals surface area contributed by atoms with Gasteiger partial charge in [-0.3, -0.25) is 0 Å². The van der Waals surface area contributed by atoms with E-state index in [1.165, 1.54) is 17.7 Å². The summed E-state index contributed by atoms with van der Waals surface area (Å²) in [5.74, 6) is 1.11. The SMILES string of the molecule is Cc1noc(COC(=O)c2cccc3c4c([nH]c23)CC[C@@H](C)C4)n1. The largest absolute Gasteiger partial charge is 0.452 e. The number of para-hydroxylation sites is 1. The lowest BCUT2D eigenvalue weighted by molar-refractivity contribution is 0.0432. The Morgan fingerprint density at radius 2 is 2.33 bits per heavy atom. The fraction of sp³-hybridized carbons (Fsp3) is 0.389. The second-order valence-corrected chi connectivity index (χ2v) is 6.47. The van der Waals surface area contributed by atoms with Crippen LogP contribution in [0.1, 0.15) is 46.7 Å². The predicted octanol–water partition coefficient (Wildman–Crippen LogP) is 3.34. The topological polar surface area (TPSA) is 81.0 Å². The molecule has 1 aliphatic rings. The summed E-state index contributed by atoms with van der Waals surface area (Å²) >= 11 is 0. The van der Waals surface area contributed by atoms with Crippen molar-refractivity contribution in [3.63, 3.8) is 0 Å². The van der Waals surface area contributed by atoms with Crippen molar-refractivity contribution in [3.8, 4) is 0 Å². The molecule has 24 heavy (non-hydrogen) atoms. The fourth-order valence-electron chi connectivity index (χ4n) is 3.39. The van der Waals surface area contributed by atoms with Crippen LogP contribution in [0.2, 0.25) is 0 Å². The van der Waals surface area contributed by atoms with E-state index in [0.717, 1.165) is 23.7 Å². The number of aromatic amines is 1. The van der Waals surface area contributed by atoms with Crippen LogP contribution >= 0.6 is 0 Å². The lowest BCUT2D eigenvalue weighted by Crippen LogP contribution is -2.09. The molecule has 0 saturated heterocycles. The van der Waals surface area contributed by atoms with E-state index < -0.39 is 0 Å². The first-order valence-electron chi connectivity index (χ1n) is 8.20. The first-order chi connectivity index (χ1) is 11.6. The van der Waals surface area contributed by atoms with Gasteiger partial charge in [0, 0.05) is 11.1 Å². The molecule has 6 nitrogen and oxygen atoms in total. The second kappa shape index (κ2) is 5.78. The monoisotopic (exact) mass is 325 g/mol. The highest BCUT2D eigenvalue weighted by Gasteiger charge is 2.23. The number of carbonyl (C=O) groups is 1. The number of H-pyrrole nitrogens is 1. The molecular weight excluding hydrogens is 306 g/mol. The molecule has 0 radical (unpaired) electrons. The van der Waals surface area contributed by atoms with Crippen molar-refractivity contribution in [2.24, 2.45) is 5.92 Å². The van der Waals surface area contributed by atoms with Gasteiger partial charge in [0.2, 0.25) is 0 Å². The number of ether oxygens (including phenoxy) is 1. The van der Waals surface area contributed by atoms with E-state index >= 15 is 0 Å². The van der Waals surface area contributed by atoms with E-state index in [9.17, 15) is 4.79 Å². The van der Waals surface area contributed by atoms with Gasteiger partial charge < -0.3 is 14.2 Å². The summed E-state index contributed by atoms with van der Waals surface area (Å²) in [6, 6.07) is 5.76. The number of hydrogen-bond acceptors (Lipinski definition) is 5. The van der Waals surface area contributed by atoms with E-state index in [0.29, 0.717) is 23.2 Å². The molecule has 0 amide bonds. The summed E-state index contributed by atoms with van der Waals surface area (Å²) in [5.41, 5.74) is 4.00. The Morgan fingerprint density at radius 1 is 1.46 bits per heavy atom. The van der Waals surface area contributed by atoms with E-state index in [1.807, 2.05) is 6.07 Å². The van der Waals surface area contributed by atoms with Crippen molar-refractivity contribution in [1.29, 1.82) is 0 Å². The molecule has 1 atom stereocenters. The summed E-state index contributed by atoms with van der Waals surface area (Å²) < 4.78 is 10.3. The number of esters is 1. The Morgan fingerprint density at radius 3 is 3.12 bits per heavy atom. The van der Waals surface area contributed by atoms with Crippen molar-refractivity contribution in [2.75, 3.05) is 0 Å². The van der Waals surface area contributed by atoms with Crippen LogP contribution in [0.3, 0.4) is 0 Å². The van der Waals surface area contributed by atoms with Crippen LogP contribution < -0.4 is 0 Å². The Kier molecular flexibility index (Phi) is 3.59. The number of benzene rings is 1. The number of fused-ring (bicyclic) bond motifs is 3. The first-order valence-corrected chi connectivity index (χ1v) is 8.20. The van der Waals surface area contributed by atoms with Crippen LogP contribution in [0, 0.1) is 12.8 Å². The normalized spacial score (nSPS) is 17.0. The third-order valence-electron chi connectivity index (χ3n) is 4.59. The van der Waals surface area contributed by atoms with Gasteiger partial charge in [-0.25, -0.2) is 4.79 Å². The van der Waals surface area contributed by atoms with Gasteiger partial charge >= 0.3 is 5.97 Å². The molecule has 2 heterocycles. The lowest BCUT2D eigenvalue weighted by Gasteiger charge is -2.17. The molecule has 1 aromatic carbocycles. The maximum Gasteiger partial charge on any atom is 0.340 e. The molecule has 6 heteroatoms. The smallest absolute Gasteiger partial charge is 0.340 e. The average Bonchev–Trinajstić information content (AvgIpc) is 3.15. The minimum Gasteiger partial charge on any atom is -0.452 e. The zero-order valence-corrected chi connectivity index (χ0v) is 13.8. The fourth-order valence-corrected chi connectivity index (χ4v) is 3.39. The van der Waals surface area contributed by atoms with Gasteiger partial charge in [0.15, 0.2) is 12.4 Å². The maximum absolute atomic E-state index is 12.5. The molecule has 1 aliphatic carbocycles. The van der Waals surface area contributed by atoms with Crippen LogP contribution in [0.15, 0.2) is 22.7 Å². The zero-order chi connectivity index (χ0) is 16.7. The minimum absolute atomic E-state index is 0.0203. The zero-order valence-electron chi connectivity index (χ0n) is 13.8. The Hall–Kier alpha value is -2.63. The molecule has 1 N–H and O–H groups in total. The predicted molar refractivity (Wildman–Crippen MR) is 87.6 cm³/mol. The standard InChI is InChI=1S/C18H19N3O3/c1-10-6-7-15-14(8-10)12-4-3-5-13(17(12)20-15)18(22)23-9-16-19-11(2)21-24-16/h3-5,10,20H,6-9H2,1-2H3/t10-/m1/s1. The number of carbonyl (C=O) groups excluding carboxylic acids is 1. The molecule has 0 aliphatic heterocycles. The quantitative estimate of drug-likeness (QED) is 0.747. The van der Waals surface area contributed by atoms with E-state index in [1.54, 1.807) is 13.0 Å². The Labute approximate surface area is 139 Å². The van der Waals surface area contributed by atoms with Crippen LogP contribution in [0.4, 0.5) is 0 Å². The van der Waals surface area contributed by atoms with E-state index in [2.05, 4.69) is 28.1 Å². The van der Waals surface area contributed by atoms with Crippen LogP contribution in [0.5, 0.6) is 0 Å². The average molecular weight is 325 g/mol. The highest BCUT2D eigenvalue weighted by atomic mass is 16.6. The molecule has 4 rings (SSSR count). The van der Waals surface area contributed by atoms with E-state index in [4.69, 9.17) is 9.26 Å². The summed E-state index contributed by atoms with van der Waals surface area (Å²) in [4.78, 5) is 20.0. The Balaban J connectivity index is 1.63. The molecule has 3 aromatic rings. The number of aromatic nitrogens is 3. The van der Waals surface area contributed by atoms with Crippen molar-refractivity contribution in [1.82, 2.24) is 15.1 Å². The van der Waals surface area contributed by atoms with Gasteiger partial charge in [0.1, 0.15) is 0 Å². The first kappa shape index (κ1) is 14.9. The van der Waals surface area contributed by atoms with Gasteiger partial charge in [0.05, 0.1) is 11.1 Å². The third-order valence-corrected chi connectivity index (χ3v) is 4.59. The van der Waals surface area contributed by atoms with Gasteiger partial charge in [-0.05, 0) is 43.7 Å². The summed E-state index contributed by atoms with van der Waals surface area (Å²) in [6.07, 6.45) is 3.26. The number of nitrogens with one attached hydrogen (secondary N) is 1. The number of hydrogen-bond donors (Lipinski definition) is 1.